The molecule has 30 heavy (non-hydrogen) atoms. The van der Waals surface area contributed by atoms with Gasteiger partial charge in [0.15, 0.2) is 0 Å². The summed E-state index contributed by atoms with van der Waals surface area (Å²) in [6.07, 6.45) is 1.45. The number of rotatable bonds is 5. The number of hydrogen-bond donors (Lipinski definition) is 2. The van der Waals surface area contributed by atoms with Crippen LogP contribution in [0.5, 0.6) is 0 Å². The topological polar surface area (TPSA) is 49.8 Å². The van der Waals surface area contributed by atoms with Crippen LogP contribution in [0.25, 0.3) is 10.9 Å². The van der Waals surface area contributed by atoms with E-state index in [9.17, 15) is 13.2 Å². The number of anilines is 2. The highest BCUT2D eigenvalue weighted by Crippen LogP contribution is 2.32. The van der Waals surface area contributed by atoms with E-state index < -0.39 is 11.7 Å². The Morgan fingerprint density at radius 3 is 2.37 bits per heavy atom. The van der Waals surface area contributed by atoms with Crippen molar-refractivity contribution in [3.05, 3.63) is 59.7 Å². The average molecular weight is 437 g/mol. The van der Waals surface area contributed by atoms with Crippen LogP contribution < -0.4 is 10.6 Å². The van der Waals surface area contributed by atoms with E-state index in [1.54, 1.807) is 6.07 Å². The summed E-state index contributed by atoms with van der Waals surface area (Å²) in [5.74, 6) is 1.05. The van der Waals surface area contributed by atoms with Crippen molar-refractivity contribution >= 4 is 35.1 Å². The van der Waals surface area contributed by atoms with E-state index in [2.05, 4.69) is 20.6 Å². The van der Waals surface area contributed by atoms with Gasteiger partial charge in [-0.3, -0.25) is 0 Å². The number of nitrogens with one attached hydrogen (secondary N) is 2. The molecule has 4 nitrogen and oxygen atoms in total. The zero-order valence-electron chi connectivity index (χ0n) is 16.4. The van der Waals surface area contributed by atoms with Crippen molar-refractivity contribution in [2.24, 2.45) is 0 Å². The van der Waals surface area contributed by atoms with Gasteiger partial charge in [-0.1, -0.05) is 49.6 Å². The summed E-state index contributed by atoms with van der Waals surface area (Å²) in [6.45, 7) is -0.00308. The van der Waals surface area contributed by atoms with Crippen LogP contribution in [0.1, 0.15) is 43.2 Å². The van der Waals surface area contributed by atoms with Crippen molar-refractivity contribution in [2.75, 3.05) is 10.6 Å². The molecule has 1 aromatic heterocycles. The SMILES string of the molecule is Cl.FC(F)(F)c1ccccc1CNc1nc(NC2CCCCC2)c2ccccc2n1. The van der Waals surface area contributed by atoms with Gasteiger partial charge in [0.2, 0.25) is 5.95 Å². The third kappa shape index (κ3) is 5.14. The van der Waals surface area contributed by atoms with Gasteiger partial charge in [0.25, 0.3) is 0 Å². The molecule has 1 fully saturated rings. The first-order valence-corrected chi connectivity index (χ1v) is 9.93. The Balaban J connectivity index is 0.00000256. The summed E-state index contributed by atoms with van der Waals surface area (Å²) in [5.41, 5.74) is 0.278. The predicted molar refractivity (Wildman–Crippen MR) is 116 cm³/mol. The molecule has 1 saturated carbocycles. The third-order valence-corrected chi connectivity index (χ3v) is 5.31. The van der Waals surface area contributed by atoms with Gasteiger partial charge in [-0.05, 0) is 36.6 Å². The molecule has 0 bridgehead atoms. The highest BCUT2D eigenvalue weighted by Gasteiger charge is 2.32. The smallest absolute Gasteiger partial charge is 0.367 e. The molecule has 4 rings (SSSR count). The van der Waals surface area contributed by atoms with E-state index in [0.717, 1.165) is 35.6 Å². The number of aromatic nitrogens is 2. The minimum absolute atomic E-state index is 0. The molecule has 0 aliphatic heterocycles. The Morgan fingerprint density at radius 2 is 1.60 bits per heavy atom. The molecule has 0 amide bonds. The summed E-state index contributed by atoms with van der Waals surface area (Å²) in [5, 5.41) is 7.42. The Morgan fingerprint density at radius 1 is 0.900 bits per heavy atom. The molecular weight excluding hydrogens is 413 g/mol. The van der Waals surface area contributed by atoms with Gasteiger partial charge in [-0.15, -0.1) is 12.4 Å². The van der Waals surface area contributed by atoms with Gasteiger partial charge in [0.05, 0.1) is 11.1 Å². The maximum atomic E-state index is 13.2. The van der Waals surface area contributed by atoms with Crippen LogP contribution in [-0.2, 0) is 12.7 Å². The van der Waals surface area contributed by atoms with Gasteiger partial charge in [0.1, 0.15) is 5.82 Å². The lowest BCUT2D eigenvalue weighted by Crippen LogP contribution is -2.23. The van der Waals surface area contributed by atoms with E-state index in [-0.39, 0.29) is 24.5 Å². The zero-order chi connectivity index (χ0) is 20.3. The summed E-state index contributed by atoms with van der Waals surface area (Å²) >= 11 is 0. The normalized spacial score (nSPS) is 14.9. The fraction of sp³-hybridized carbons (Fsp3) is 0.364. The highest BCUT2D eigenvalue weighted by atomic mass is 35.5. The minimum Gasteiger partial charge on any atom is -0.367 e. The van der Waals surface area contributed by atoms with Crippen molar-refractivity contribution < 1.29 is 13.2 Å². The molecule has 1 heterocycles. The molecule has 1 aliphatic rings. The second kappa shape index (κ2) is 9.51. The van der Waals surface area contributed by atoms with E-state index in [0.29, 0.717) is 12.0 Å². The molecule has 0 saturated heterocycles. The molecule has 0 unspecified atom stereocenters. The first-order chi connectivity index (χ1) is 14.0. The quantitative estimate of drug-likeness (QED) is 0.484. The van der Waals surface area contributed by atoms with Crippen LogP contribution >= 0.6 is 12.4 Å². The lowest BCUT2D eigenvalue weighted by Gasteiger charge is -2.24. The lowest BCUT2D eigenvalue weighted by molar-refractivity contribution is -0.138. The van der Waals surface area contributed by atoms with Crippen LogP contribution in [0, 0.1) is 0 Å². The predicted octanol–water partition coefficient (Wildman–Crippen LogP) is 6.43. The largest absolute Gasteiger partial charge is 0.416 e. The van der Waals surface area contributed by atoms with Gasteiger partial charge in [0, 0.05) is 18.0 Å². The second-order valence-corrected chi connectivity index (χ2v) is 7.40. The molecule has 3 aromatic rings. The fourth-order valence-corrected chi connectivity index (χ4v) is 3.83. The van der Waals surface area contributed by atoms with Crippen molar-refractivity contribution in [1.29, 1.82) is 0 Å². The maximum absolute atomic E-state index is 13.2. The van der Waals surface area contributed by atoms with Gasteiger partial charge in [-0.25, -0.2) is 4.98 Å². The van der Waals surface area contributed by atoms with Crippen LogP contribution in [0.2, 0.25) is 0 Å². The summed E-state index contributed by atoms with van der Waals surface area (Å²) in [4.78, 5) is 9.08. The van der Waals surface area contributed by atoms with Crippen molar-refractivity contribution in [3.8, 4) is 0 Å². The molecule has 0 radical (unpaired) electrons. The molecule has 160 valence electrons. The van der Waals surface area contributed by atoms with E-state index >= 15 is 0 Å². The van der Waals surface area contributed by atoms with Crippen LogP contribution in [0.3, 0.4) is 0 Å². The summed E-state index contributed by atoms with van der Waals surface area (Å²) in [7, 11) is 0. The van der Waals surface area contributed by atoms with Crippen LogP contribution in [0.4, 0.5) is 24.9 Å². The number of halogens is 4. The average Bonchev–Trinajstić information content (AvgIpc) is 2.72. The molecule has 8 heteroatoms. The molecule has 1 aliphatic carbocycles. The Labute approximate surface area is 179 Å². The highest BCUT2D eigenvalue weighted by molar-refractivity contribution is 5.90. The molecule has 2 N–H and O–H groups in total. The van der Waals surface area contributed by atoms with E-state index in [1.165, 1.54) is 31.4 Å². The van der Waals surface area contributed by atoms with Crippen LogP contribution in [-0.4, -0.2) is 16.0 Å². The number of alkyl halides is 3. The standard InChI is InChI=1S/C22H23F3N4.ClH/c23-22(24,25)18-12-6-4-8-15(18)14-26-21-28-19-13-7-5-11-17(19)20(29-21)27-16-9-2-1-3-10-16;/h4-8,11-13,16H,1-3,9-10,14H2,(H2,26,27,28,29);1H. The Kier molecular flexibility index (Phi) is 7.02. The third-order valence-electron chi connectivity index (χ3n) is 5.31. The molecule has 2 aromatic carbocycles. The van der Waals surface area contributed by atoms with Crippen molar-refractivity contribution in [2.45, 2.75) is 50.9 Å². The van der Waals surface area contributed by atoms with E-state index in [4.69, 9.17) is 0 Å². The number of fused-ring (bicyclic) bond motifs is 1. The number of benzene rings is 2. The van der Waals surface area contributed by atoms with Gasteiger partial charge < -0.3 is 10.6 Å². The number of hydrogen-bond acceptors (Lipinski definition) is 4. The first kappa shape index (κ1) is 22.2. The van der Waals surface area contributed by atoms with Crippen molar-refractivity contribution in [1.82, 2.24) is 9.97 Å². The maximum Gasteiger partial charge on any atom is 0.416 e. The van der Waals surface area contributed by atoms with Crippen molar-refractivity contribution in [3.63, 3.8) is 0 Å². The zero-order valence-corrected chi connectivity index (χ0v) is 17.2. The number of para-hydroxylation sites is 1. The Hall–Kier alpha value is -2.54. The monoisotopic (exact) mass is 436 g/mol. The van der Waals surface area contributed by atoms with E-state index in [1.807, 2.05) is 24.3 Å². The minimum atomic E-state index is -4.39. The first-order valence-electron chi connectivity index (χ1n) is 9.93. The summed E-state index contributed by atoms with van der Waals surface area (Å²) in [6, 6.07) is 13.6. The Bertz CT molecular complexity index is 988. The van der Waals surface area contributed by atoms with Crippen LogP contribution in [0.15, 0.2) is 48.5 Å². The molecule has 0 spiro atoms. The second-order valence-electron chi connectivity index (χ2n) is 7.40. The fourth-order valence-electron chi connectivity index (χ4n) is 3.83. The lowest BCUT2D eigenvalue weighted by atomic mass is 9.95. The van der Waals surface area contributed by atoms with Gasteiger partial charge in [-0.2, -0.15) is 18.2 Å². The molecular formula is C22H24ClF3N4. The van der Waals surface area contributed by atoms with Gasteiger partial charge >= 0.3 is 6.18 Å². The molecule has 0 atom stereocenters. The number of nitrogens with zero attached hydrogens (tertiary/aromatic N) is 2. The summed E-state index contributed by atoms with van der Waals surface area (Å²) < 4.78 is 39.7.